The maximum Gasteiger partial charge on any atom is 0.235 e. The Hall–Kier alpha value is -1.70. The van der Waals surface area contributed by atoms with Gasteiger partial charge in [0.15, 0.2) is 0 Å². The first-order valence-electron chi connectivity index (χ1n) is 8.54. The average molecular weight is 435 g/mol. The third kappa shape index (κ3) is 2.98. The van der Waals surface area contributed by atoms with E-state index < -0.39 is 15.4 Å². The Labute approximate surface area is 161 Å². The van der Waals surface area contributed by atoms with Gasteiger partial charge in [-0.2, -0.15) is 0 Å². The SMILES string of the molecule is O=C1Nc2cc(Br)ccc2C12CCN(S(=O)(=O)Cc1ccccc1)CC2. The molecule has 0 radical (unpaired) electrons. The second kappa shape index (κ2) is 6.48. The fraction of sp³-hybridized carbons (Fsp3) is 0.316. The second-order valence-electron chi connectivity index (χ2n) is 6.87. The lowest BCUT2D eigenvalue weighted by molar-refractivity contribution is -0.122. The lowest BCUT2D eigenvalue weighted by Gasteiger charge is -2.37. The topological polar surface area (TPSA) is 66.5 Å². The molecular weight excluding hydrogens is 416 g/mol. The van der Waals surface area contributed by atoms with Crippen molar-refractivity contribution in [1.82, 2.24) is 4.31 Å². The van der Waals surface area contributed by atoms with Crippen LogP contribution in [0.2, 0.25) is 0 Å². The number of carbonyl (C=O) groups excluding carboxylic acids is 1. The minimum atomic E-state index is -3.39. The van der Waals surface area contributed by atoms with Crippen LogP contribution in [-0.4, -0.2) is 31.7 Å². The standard InChI is InChI=1S/C19H19BrN2O3S/c20-15-6-7-16-17(12-15)21-18(23)19(16)8-10-22(11-9-19)26(24,25)13-14-4-2-1-3-5-14/h1-7,12H,8-11,13H2,(H,21,23). The van der Waals surface area contributed by atoms with Crippen molar-refractivity contribution in [1.29, 1.82) is 0 Å². The molecule has 5 nitrogen and oxygen atoms in total. The maximum absolute atomic E-state index is 12.7. The quantitative estimate of drug-likeness (QED) is 0.805. The molecule has 1 spiro atoms. The lowest BCUT2D eigenvalue weighted by atomic mass is 9.74. The van der Waals surface area contributed by atoms with E-state index in [1.165, 1.54) is 4.31 Å². The Morgan fingerprint density at radius 3 is 2.46 bits per heavy atom. The van der Waals surface area contributed by atoms with Gasteiger partial charge in [0.2, 0.25) is 15.9 Å². The molecule has 0 bridgehead atoms. The predicted molar refractivity (Wildman–Crippen MR) is 104 cm³/mol. The zero-order valence-electron chi connectivity index (χ0n) is 14.1. The van der Waals surface area contributed by atoms with Gasteiger partial charge >= 0.3 is 0 Å². The van der Waals surface area contributed by atoms with Crippen molar-refractivity contribution in [3.63, 3.8) is 0 Å². The first kappa shape index (κ1) is 17.7. The van der Waals surface area contributed by atoms with Crippen LogP contribution in [0.1, 0.15) is 24.0 Å². The zero-order chi connectivity index (χ0) is 18.4. The summed E-state index contributed by atoms with van der Waals surface area (Å²) in [5.41, 5.74) is 1.96. The van der Waals surface area contributed by atoms with Gasteiger partial charge in [-0.05, 0) is 36.1 Å². The highest BCUT2D eigenvalue weighted by atomic mass is 79.9. The third-order valence-corrected chi connectivity index (χ3v) is 7.68. The Bertz CT molecular complexity index is 952. The van der Waals surface area contributed by atoms with Crippen LogP contribution in [-0.2, 0) is 26.0 Å². The van der Waals surface area contributed by atoms with E-state index >= 15 is 0 Å². The zero-order valence-corrected chi connectivity index (χ0v) is 16.5. The minimum Gasteiger partial charge on any atom is -0.325 e. The van der Waals surface area contributed by atoms with Crippen molar-refractivity contribution < 1.29 is 13.2 Å². The maximum atomic E-state index is 12.7. The summed E-state index contributed by atoms with van der Waals surface area (Å²) in [6.07, 6.45) is 1.00. The van der Waals surface area contributed by atoms with E-state index in [2.05, 4.69) is 21.2 Å². The molecule has 0 atom stereocenters. The summed E-state index contributed by atoms with van der Waals surface area (Å²) < 4.78 is 27.9. The summed E-state index contributed by atoms with van der Waals surface area (Å²) in [5, 5.41) is 2.96. The summed E-state index contributed by atoms with van der Waals surface area (Å²) in [5.74, 6) is -0.0259. The van der Waals surface area contributed by atoms with Gasteiger partial charge in [0.05, 0.1) is 11.2 Å². The minimum absolute atomic E-state index is 0.00340. The van der Waals surface area contributed by atoms with E-state index in [1.54, 1.807) is 0 Å². The first-order chi connectivity index (χ1) is 12.4. The summed E-state index contributed by atoms with van der Waals surface area (Å²) >= 11 is 3.43. The van der Waals surface area contributed by atoms with Crippen LogP contribution in [0.25, 0.3) is 0 Å². The number of carbonyl (C=O) groups is 1. The van der Waals surface area contributed by atoms with Crippen molar-refractivity contribution in [3.05, 3.63) is 64.1 Å². The lowest BCUT2D eigenvalue weighted by Crippen LogP contribution is -2.48. The normalized spacial score (nSPS) is 19.3. The summed E-state index contributed by atoms with van der Waals surface area (Å²) in [6, 6.07) is 15.0. The van der Waals surface area contributed by atoms with E-state index in [0.29, 0.717) is 25.9 Å². The molecule has 0 unspecified atom stereocenters. The molecule has 2 heterocycles. The Balaban J connectivity index is 1.54. The van der Waals surface area contributed by atoms with Crippen molar-refractivity contribution in [2.45, 2.75) is 24.0 Å². The van der Waals surface area contributed by atoms with Crippen LogP contribution in [0.15, 0.2) is 53.0 Å². The number of nitrogens with zero attached hydrogens (tertiary/aromatic N) is 1. The highest BCUT2D eigenvalue weighted by Gasteiger charge is 2.49. The number of sulfonamides is 1. The van der Waals surface area contributed by atoms with E-state index in [1.807, 2.05) is 48.5 Å². The van der Waals surface area contributed by atoms with E-state index in [-0.39, 0.29) is 11.7 Å². The van der Waals surface area contributed by atoms with Crippen molar-refractivity contribution in [2.24, 2.45) is 0 Å². The fourth-order valence-corrected chi connectivity index (χ4v) is 5.82. The highest BCUT2D eigenvalue weighted by Crippen LogP contribution is 2.46. The van der Waals surface area contributed by atoms with Gasteiger partial charge in [-0.15, -0.1) is 0 Å². The molecule has 1 fully saturated rings. The molecule has 7 heteroatoms. The van der Waals surface area contributed by atoms with Crippen LogP contribution in [0.5, 0.6) is 0 Å². The number of hydrogen-bond donors (Lipinski definition) is 1. The summed E-state index contributed by atoms with van der Waals surface area (Å²) in [4.78, 5) is 12.7. The van der Waals surface area contributed by atoms with Crippen LogP contribution in [0.3, 0.4) is 0 Å². The van der Waals surface area contributed by atoms with Gasteiger partial charge in [0.1, 0.15) is 0 Å². The molecule has 1 amide bonds. The molecule has 0 aromatic heterocycles. The van der Waals surface area contributed by atoms with Gasteiger partial charge in [-0.1, -0.05) is 52.3 Å². The molecule has 2 aliphatic rings. The smallest absolute Gasteiger partial charge is 0.235 e. The molecule has 2 aliphatic heterocycles. The third-order valence-electron chi connectivity index (χ3n) is 5.34. The molecule has 0 aliphatic carbocycles. The number of benzene rings is 2. The first-order valence-corrected chi connectivity index (χ1v) is 10.9. The number of rotatable bonds is 3. The number of nitrogens with one attached hydrogen (secondary N) is 1. The molecule has 2 aromatic carbocycles. The number of halogens is 1. The van der Waals surface area contributed by atoms with Crippen molar-refractivity contribution >= 4 is 37.5 Å². The second-order valence-corrected chi connectivity index (χ2v) is 9.75. The molecule has 2 aromatic rings. The molecule has 0 saturated carbocycles. The summed E-state index contributed by atoms with van der Waals surface area (Å²) in [6.45, 7) is 0.718. The molecule has 4 rings (SSSR count). The molecule has 26 heavy (non-hydrogen) atoms. The fourth-order valence-electron chi connectivity index (χ4n) is 3.92. The Morgan fingerprint density at radius 2 is 1.77 bits per heavy atom. The van der Waals surface area contributed by atoms with Gasteiger partial charge < -0.3 is 5.32 Å². The van der Waals surface area contributed by atoms with Crippen molar-refractivity contribution in [2.75, 3.05) is 18.4 Å². The molecule has 1 saturated heterocycles. The van der Waals surface area contributed by atoms with Gasteiger partial charge in [-0.25, -0.2) is 12.7 Å². The highest BCUT2D eigenvalue weighted by molar-refractivity contribution is 9.10. The van der Waals surface area contributed by atoms with Gasteiger partial charge in [0, 0.05) is 23.2 Å². The number of amides is 1. The number of piperidine rings is 1. The Kier molecular flexibility index (Phi) is 4.41. The number of hydrogen-bond acceptors (Lipinski definition) is 3. The van der Waals surface area contributed by atoms with E-state index in [4.69, 9.17) is 0 Å². The molecular formula is C19H19BrN2O3S. The van der Waals surface area contributed by atoms with Crippen LogP contribution < -0.4 is 5.32 Å². The molecule has 136 valence electrons. The summed E-state index contributed by atoms with van der Waals surface area (Å²) in [7, 11) is -3.39. The molecule has 1 N–H and O–H groups in total. The van der Waals surface area contributed by atoms with E-state index in [9.17, 15) is 13.2 Å². The van der Waals surface area contributed by atoms with Crippen molar-refractivity contribution in [3.8, 4) is 0 Å². The monoisotopic (exact) mass is 434 g/mol. The Morgan fingerprint density at radius 1 is 1.08 bits per heavy atom. The average Bonchev–Trinajstić information content (AvgIpc) is 2.87. The van der Waals surface area contributed by atoms with Crippen LogP contribution >= 0.6 is 15.9 Å². The van der Waals surface area contributed by atoms with Crippen LogP contribution in [0, 0.1) is 0 Å². The number of fused-ring (bicyclic) bond motifs is 2. The van der Waals surface area contributed by atoms with Gasteiger partial charge in [0.25, 0.3) is 0 Å². The van der Waals surface area contributed by atoms with Crippen LogP contribution in [0.4, 0.5) is 5.69 Å². The van der Waals surface area contributed by atoms with Gasteiger partial charge in [-0.3, -0.25) is 4.79 Å². The largest absolute Gasteiger partial charge is 0.325 e. The predicted octanol–water partition coefficient (Wildman–Crippen LogP) is 3.26. The van der Waals surface area contributed by atoms with E-state index in [0.717, 1.165) is 21.3 Å². The number of anilines is 1.